The highest BCUT2D eigenvalue weighted by atomic mass is 35.5. The molecule has 1 N–H and O–H groups in total. The van der Waals surface area contributed by atoms with Crippen molar-refractivity contribution in [2.75, 3.05) is 5.43 Å². The molecule has 0 saturated heterocycles. The molecule has 31 heavy (non-hydrogen) atoms. The first-order valence-corrected chi connectivity index (χ1v) is 10.5. The Labute approximate surface area is 188 Å². The first-order chi connectivity index (χ1) is 15.1. The normalized spacial score (nSPS) is 11.9. The van der Waals surface area contributed by atoms with E-state index in [0.29, 0.717) is 32.6 Å². The Hall–Kier alpha value is -3.34. The zero-order chi connectivity index (χ0) is 21.4. The largest absolute Gasteiger partial charge is 0.456 e. The lowest BCUT2D eigenvalue weighted by molar-refractivity contribution is 0.618. The first kappa shape index (κ1) is 19.6. The summed E-state index contributed by atoms with van der Waals surface area (Å²) < 4.78 is 6.17. The summed E-state index contributed by atoms with van der Waals surface area (Å²) in [5.74, 6) is 1.33. The van der Waals surface area contributed by atoms with Gasteiger partial charge in [0.15, 0.2) is 0 Å². The van der Waals surface area contributed by atoms with E-state index >= 15 is 0 Å². The molecule has 6 heteroatoms. The van der Waals surface area contributed by atoms with Crippen LogP contribution in [0, 0.1) is 6.92 Å². The van der Waals surface area contributed by atoms with Gasteiger partial charge in [-0.1, -0.05) is 41.4 Å². The molecule has 0 aliphatic carbocycles. The predicted molar refractivity (Wildman–Crippen MR) is 127 cm³/mol. The number of nitrogens with zero attached hydrogens (tertiary/aromatic N) is 2. The summed E-state index contributed by atoms with van der Waals surface area (Å²) in [6, 6.07) is 25.0. The van der Waals surface area contributed by atoms with Crippen LogP contribution in [-0.2, 0) is 0 Å². The van der Waals surface area contributed by atoms with E-state index in [2.05, 4.69) is 15.5 Å². The van der Waals surface area contributed by atoms with E-state index in [1.165, 1.54) is 0 Å². The molecule has 0 saturated carbocycles. The molecule has 0 bridgehead atoms. The van der Waals surface area contributed by atoms with Gasteiger partial charge in [0.2, 0.25) is 0 Å². The molecule has 5 aromatic rings. The number of aromatic nitrogens is 1. The zero-order valence-electron chi connectivity index (χ0n) is 16.6. The number of aryl methyl sites for hydroxylation is 1. The van der Waals surface area contributed by atoms with Crippen LogP contribution in [0.15, 0.2) is 88.4 Å². The average molecular weight is 446 g/mol. The van der Waals surface area contributed by atoms with Crippen LogP contribution < -0.4 is 10.8 Å². The van der Waals surface area contributed by atoms with E-state index in [9.17, 15) is 0 Å². The summed E-state index contributed by atoms with van der Waals surface area (Å²) in [5, 5.41) is 8.53. The Morgan fingerprint density at radius 3 is 2.55 bits per heavy atom. The second-order valence-corrected chi connectivity index (χ2v) is 8.06. The van der Waals surface area contributed by atoms with Crippen LogP contribution in [0.3, 0.4) is 0 Å². The van der Waals surface area contributed by atoms with Crippen molar-refractivity contribution in [3.8, 4) is 11.3 Å². The highest BCUT2D eigenvalue weighted by Gasteiger charge is 2.09. The fraction of sp³-hybridized carbons (Fsp3) is 0.0400. The maximum atomic E-state index is 6.39. The van der Waals surface area contributed by atoms with E-state index in [1.807, 2.05) is 85.8 Å². The number of hydrogen-bond acceptors (Lipinski definition) is 4. The standard InChI is InChI=1S/C25H17Cl2N3O/c1-15-12-24-19(13-20(15)27)22(14-23(31-24)17-6-9-18(26)10-7-17)29-30-25-11-8-16-4-2-3-5-21(16)28-25/h2-14H,1H3,(H,28,30). The minimum absolute atomic E-state index is 0.652. The highest BCUT2D eigenvalue weighted by Crippen LogP contribution is 2.27. The van der Waals surface area contributed by atoms with Gasteiger partial charge in [0, 0.05) is 32.4 Å². The van der Waals surface area contributed by atoms with E-state index in [-0.39, 0.29) is 0 Å². The van der Waals surface area contributed by atoms with Gasteiger partial charge in [0.25, 0.3) is 0 Å². The molecule has 0 radical (unpaired) electrons. The van der Waals surface area contributed by atoms with Gasteiger partial charge in [-0.25, -0.2) is 4.98 Å². The molecule has 4 nitrogen and oxygen atoms in total. The van der Waals surface area contributed by atoms with Gasteiger partial charge in [-0.2, -0.15) is 5.10 Å². The summed E-state index contributed by atoms with van der Waals surface area (Å²) in [4.78, 5) is 4.62. The lowest BCUT2D eigenvalue weighted by Gasteiger charge is -2.08. The molecular weight excluding hydrogens is 429 g/mol. The number of fused-ring (bicyclic) bond motifs is 2. The smallest absolute Gasteiger partial charge is 0.146 e. The number of rotatable bonds is 3. The molecule has 0 amide bonds. The van der Waals surface area contributed by atoms with Crippen LogP contribution >= 0.6 is 23.2 Å². The minimum Gasteiger partial charge on any atom is -0.456 e. The Bertz CT molecular complexity index is 1490. The van der Waals surface area contributed by atoms with Gasteiger partial charge < -0.3 is 4.42 Å². The van der Waals surface area contributed by atoms with Crippen LogP contribution in [0.2, 0.25) is 10.0 Å². The molecule has 2 aromatic heterocycles. The third kappa shape index (κ3) is 4.00. The van der Waals surface area contributed by atoms with Crippen molar-refractivity contribution >= 4 is 50.9 Å². The van der Waals surface area contributed by atoms with Crippen LogP contribution in [0.5, 0.6) is 0 Å². The molecule has 152 valence electrons. The maximum Gasteiger partial charge on any atom is 0.146 e. The van der Waals surface area contributed by atoms with E-state index < -0.39 is 0 Å². The topological polar surface area (TPSA) is 50.4 Å². The molecular formula is C25H17Cl2N3O. The van der Waals surface area contributed by atoms with Crippen LogP contribution in [-0.4, -0.2) is 4.98 Å². The zero-order valence-corrected chi connectivity index (χ0v) is 18.1. The van der Waals surface area contributed by atoms with Gasteiger partial charge in [0.1, 0.15) is 17.2 Å². The van der Waals surface area contributed by atoms with Gasteiger partial charge in [-0.15, -0.1) is 0 Å². The lowest BCUT2D eigenvalue weighted by Crippen LogP contribution is -2.08. The van der Waals surface area contributed by atoms with Crippen LogP contribution in [0.1, 0.15) is 5.56 Å². The second-order valence-electron chi connectivity index (χ2n) is 7.21. The Morgan fingerprint density at radius 2 is 1.71 bits per heavy atom. The lowest BCUT2D eigenvalue weighted by atomic mass is 10.1. The van der Waals surface area contributed by atoms with E-state index in [0.717, 1.165) is 27.4 Å². The van der Waals surface area contributed by atoms with E-state index in [1.54, 1.807) is 0 Å². The van der Waals surface area contributed by atoms with Crippen LogP contribution in [0.4, 0.5) is 5.82 Å². The number of nitrogens with one attached hydrogen (secondary N) is 1. The van der Waals surface area contributed by atoms with Crippen molar-refractivity contribution in [1.82, 2.24) is 4.98 Å². The number of para-hydroxylation sites is 1. The summed E-state index contributed by atoms with van der Waals surface area (Å²) in [6.45, 7) is 1.94. The fourth-order valence-corrected chi connectivity index (χ4v) is 3.67. The van der Waals surface area contributed by atoms with Crippen molar-refractivity contribution in [3.05, 3.63) is 99.8 Å². The predicted octanol–water partition coefficient (Wildman–Crippen LogP) is 7.19. The van der Waals surface area contributed by atoms with Crippen molar-refractivity contribution < 1.29 is 4.42 Å². The monoisotopic (exact) mass is 445 g/mol. The third-order valence-electron chi connectivity index (χ3n) is 5.04. The molecule has 5 rings (SSSR count). The SMILES string of the molecule is Cc1cc2oc(-c3ccc(Cl)cc3)cc(=NNc3ccc4ccccc4n3)c2cc1Cl. The summed E-state index contributed by atoms with van der Waals surface area (Å²) in [7, 11) is 0. The van der Waals surface area contributed by atoms with E-state index in [4.69, 9.17) is 27.6 Å². The van der Waals surface area contributed by atoms with Crippen LogP contribution in [0.25, 0.3) is 33.2 Å². The highest BCUT2D eigenvalue weighted by molar-refractivity contribution is 6.32. The molecule has 0 spiro atoms. The van der Waals surface area contributed by atoms with Crippen molar-refractivity contribution in [3.63, 3.8) is 0 Å². The van der Waals surface area contributed by atoms with Gasteiger partial charge >= 0.3 is 0 Å². The molecule has 0 atom stereocenters. The molecule has 3 aromatic carbocycles. The average Bonchev–Trinajstić information content (AvgIpc) is 2.78. The van der Waals surface area contributed by atoms with Crippen molar-refractivity contribution in [1.29, 1.82) is 0 Å². The fourth-order valence-electron chi connectivity index (χ4n) is 3.38. The van der Waals surface area contributed by atoms with Gasteiger partial charge in [-0.3, -0.25) is 5.43 Å². The molecule has 2 heterocycles. The molecule has 0 fully saturated rings. The second kappa shape index (κ2) is 8.06. The quantitative estimate of drug-likeness (QED) is 0.299. The Balaban J connectivity index is 1.65. The third-order valence-corrected chi connectivity index (χ3v) is 5.70. The molecule has 0 aliphatic rings. The number of hydrogen-bond donors (Lipinski definition) is 1. The number of pyridine rings is 1. The van der Waals surface area contributed by atoms with Crippen molar-refractivity contribution in [2.24, 2.45) is 5.10 Å². The first-order valence-electron chi connectivity index (χ1n) is 9.72. The van der Waals surface area contributed by atoms with Crippen molar-refractivity contribution in [2.45, 2.75) is 6.92 Å². The number of halogens is 2. The Kier molecular flexibility index (Phi) is 5.10. The molecule has 0 unspecified atom stereocenters. The summed E-state index contributed by atoms with van der Waals surface area (Å²) in [5.41, 5.74) is 6.50. The Morgan fingerprint density at radius 1 is 0.903 bits per heavy atom. The summed E-state index contributed by atoms with van der Waals surface area (Å²) >= 11 is 12.4. The number of benzene rings is 3. The molecule has 0 aliphatic heterocycles. The minimum atomic E-state index is 0.652. The van der Waals surface area contributed by atoms with Gasteiger partial charge in [0.05, 0.1) is 10.9 Å². The number of anilines is 1. The maximum absolute atomic E-state index is 6.39. The van der Waals surface area contributed by atoms with Gasteiger partial charge in [-0.05, 0) is 67.1 Å². The summed E-state index contributed by atoms with van der Waals surface area (Å²) in [6.07, 6.45) is 0.